The quantitative estimate of drug-likeness (QED) is 0.804. The van der Waals surface area contributed by atoms with E-state index in [0.29, 0.717) is 12.6 Å². The standard InChI is InChI=1S/C14H16N2O/c1-11-14(9-16(15-11)13-7-8-13)17-10-12-5-3-2-4-6-12/h2-6,9,13H,7-8,10H2,1H3. The van der Waals surface area contributed by atoms with Crippen LogP contribution in [0.4, 0.5) is 0 Å². The summed E-state index contributed by atoms with van der Waals surface area (Å²) < 4.78 is 7.84. The van der Waals surface area contributed by atoms with Crippen molar-refractivity contribution in [1.29, 1.82) is 0 Å². The molecule has 1 aliphatic rings. The number of aromatic nitrogens is 2. The van der Waals surface area contributed by atoms with Crippen LogP contribution < -0.4 is 4.74 Å². The fraction of sp³-hybridized carbons (Fsp3) is 0.357. The number of rotatable bonds is 4. The van der Waals surface area contributed by atoms with E-state index in [1.54, 1.807) is 0 Å². The summed E-state index contributed by atoms with van der Waals surface area (Å²) in [6.45, 7) is 2.61. The molecule has 1 aromatic carbocycles. The van der Waals surface area contributed by atoms with Gasteiger partial charge >= 0.3 is 0 Å². The summed E-state index contributed by atoms with van der Waals surface area (Å²) in [5.41, 5.74) is 2.17. The minimum atomic E-state index is 0.609. The van der Waals surface area contributed by atoms with Gasteiger partial charge in [-0.25, -0.2) is 0 Å². The van der Waals surface area contributed by atoms with Gasteiger partial charge < -0.3 is 4.74 Å². The molecule has 0 bridgehead atoms. The number of aryl methyl sites for hydroxylation is 1. The van der Waals surface area contributed by atoms with Crippen molar-refractivity contribution >= 4 is 0 Å². The van der Waals surface area contributed by atoms with Crippen LogP contribution in [0.1, 0.15) is 30.1 Å². The molecule has 0 atom stereocenters. The van der Waals surface area contributed by atoms with E-state index in [-0.39, 0.29) is 0 Å². The lowest BCUT2D eigenvalue weighted by Gasteiger charge is -2.03. The van der Waals surface area contributed by atoms with E-state index in [0.717, 1.165) is 11.4 Å². The Bertz CT molecular complexity index is 500. The molecule has 0 saturated heterocycles. The van der Waals surface area contributed by atoms with Gasteiger partial charge in [0.1, 0.15) is 12.3 Å². The molecule has 1 saturated carbocycles. The molecule has 0 spiro atoms. The highest BCUT2D eigenvalue weighted by atomic mass is 16.5. The monoisotopic (exact) mass is 228 g/mol. The minimum absolute atomic E-state index is 0.609. The maximum atomic E-state index is 5.80. The molecule has 1 aromatic heterocycles. The molecular weight excluding hydrogens is 212 g/mol. The molecule has 1 heterocycles. The topological polar surface area (TPSA) is 27.1 Å². The molecule has 0 unspecified atom stereocenters. The van der Waals surface area contributed by atoms with Gasteiger partial charge in [0.05, 0.1) is 12.2 Å². The van der Waals surface area contributed by atoms with E-state index in [1.807, 2.05) is 36.0 Å². The highest BCUT2D eigenvalue weighted by Gasteiger charge is 2.25. The van der Waals surface area contributed by atoms with E-state index in [4.69, 9.17) is 4.74 Å². The number of hydrogen-bond donors (Lipinski definition) is 0. The molecule has 2 aromatic rings. The van der Waals surface area contributed by atoms with Crippen LogP contribution in [0.2, 0.25) is 0 Å². The van der Waals surface area contributed by atoms with Crippen LogP contribution in [0.5, 0.6) is 5.75 Å². The van der Waals surface area contributed by atoms with Crippen molar-refractivity contribution in [3.63, 3.8) is 0 Å². The van der Waals surface area contributed by atoms with Gasteiger partial charge in [-0.1, -0.05) is 30.3 Å². The molecule has 0 radical (unpaired) electrons. The van der Waals surface area contributed by atoms with E-state index in [2.05, 4.69) is 17.2 Å². The van der Waals surface area contributed by atoms with Crippen molar-refractivity contribution in [2.45, 2.75) is 32.4 Å². The molecule has 1 aliphatic carbocycles. The molecule has 0 aliphatic heterocycles. The van der Waals surface area contributed by atoms with Gasteiger partial charge in [-0.05, 0) is 25.3 Å². The highest BCUT2D eigenvalue weighted by Crippen LogP contribution is 2.35. The van der Waals surface area contributed by atoms with E-state index in [1.165, 1.54) is 18.4 Å². The Labute approximate surface area is 101 Å². The Hall–Kier alpha value is -1.77. The summed E-state index contributed by atoms with van der Waals surface area (Å²) in [5.74, 6) is 0.903. The summed E-state index contributed by atoms with van der Waals surface area (Å²) in [6.07, 6.45) is 4.52. The van der Waals surface area contributed by atoms with Gasteiger partial charge in [0.15, 0.2) is 5.75 Å². The first-order valence-electron chi connectivity index (χ1n) is 6.05. The third kappa shape index (κ3) is 2.33. The molecule has 3 rings (SSSR count). The lowest BCUT2D eigenvalue weighted by atomic mass is 10.2. The number of nitrogens with zero attached hydrogens (tertiary/aromatic N) is 2. The molecule has 1 fully saturated rings. The summed E-state index contributed by atoms with van der Waals surface area (Å²) in [6, 6.07) is 10.8. The fourth-order valence-corrected chi connectivity index (χ4v) is 1.87. The predicted octanol–water partition coefficient (Wildman–Crippen LogP) is 3.11. The molecule has 0 N–H and O–H groups in total. The minimum Gasteiger partial charge on any atom is -0.485 e. The first-order chi connectivity index (χ1) is 8.33. The van der Waals surface area contributed by atoms with E-state index in [9.17, 15) is 0 Å². The number of ether oxygens (including phenoxy) is 1. The predicted molar refractivity (Wildman–Crippen MR) is 66.0 cm³/mol. The SMILES string of the molecule is Cc1nn(C2CC2)cc1OCc1ccccc1. The van der Waals surface area contributed by atoms with Gasteiger partial charge in [0, 0.05) is 0 Å². The zero-order valence-corrected chi connectivity index (χ0v) is 9.97. The van der Waals surface area contributed by atoms with Gasteiger partial charge in [0.2, 0.25) is 0 Å². The van der Waals surface area contributed by atoms with Crippen molar-refractivity contribution in [3.05, 3.63) is 47.8 Å². The Morgan fingerprint density at radius 1 is 1.29 bits per heavy atom. The second-order valence-electron chi connectivity index (χ2n) is 4.56. The second kappa shape index (κ2) is 4.24. The van der Waals surface area contributed by atoms with Crippen molar-refractivity contribution in [2.24, 2.45) is 0 Å². The summed E-state index contributed by atoms with van der Waals surface area (Å²) >= 11 is 0. The Kier molecular flexibility index (Phi) is 2.59. The summed E-state index contributed by atoms with van der Waals surface area (Å²) in [5, 5.41) is 4.48. The number of benzene rings is 1. The number of hydrogen-bond acceptors (Lipinski definition) is 2. The zero-order valence-electron chi connectivity index (χ0n) is 9.97. The van der Waals surface area contributed by atoms with Crippen molar-refractivity contribution < 1.29 is 4.74 Å². The second-order valence-corrected chi connectivity index (χ2v) is 4.56. The Morgan fingerprint density at radius 2 is 2.06 bits per heavy atom. The molecule has 17 heavy (non-hydrogen) atoms. The van der Waals surface area contributed by atoms with Crippen LogP contribution in [-0.2, 0) is 6.61 Å². The van der Waals surface area contributed by atoms with Crippen LogP contribution in [0.15, 0.2) is 36.5 Å². The Balaban J connectivity index is 1.68. The third-order valence-corrected chi connectivity index (χ3v) is 3.03. The van der Waals surface area contributed by atoms with Gasteiger partial charge in [-0.3, -0.25) is 4.68 Å². The van der Waals surface area contributed by atoms with Gasteiger partial charge in [-0.15, -0.1) is 0 Å². The van der Waals surface area contributed by atoms with Crippen molar-refractivity contribution in [2.75, 3.05) is 0 Å². The normalized spacial score (nSPS) is 14.9. The van der Waals surface area contributed by atoms with Crippen molar-refractivity contribution in [3.8, 4) is 5.75 Å². The first kappa shape index (κ1) is 10.4. The van der Waals surface area contributed by atoms with Crippen LogP contribution >= 0.6 is 0 Å². The molecule has 3 heteroatoms. The highest BCUT2D eigenvalue weighted by molar-refractivity contribution is 5.24. The van der Waals surface area contributed by atoms with Crippen LogP contribution in [0.25, 0.3) is 0 Å². The molecule has 3 nitrogen and oxygen atoms in total. The average Bonchev–Trinajstić information content (AvgIpc) is 3.13. The van der Waals surface area contributed by atoms with Gasteiger partial charge in [-0.2, -0.15) is 5.10 Å². The largest absolute Gasteiger partial charge is 0.485 e. The maximum absolute atomic E-state index is 5.80. The van der Waals surface area contributed by atoms with E-state index < -0.39 is 0 Å². The first-order valence-corrected chi connectivity index (χ1v) is 6.05. The summed E-state index contributed by atoms with van der Waals surface area (Å²) in [4.78, 5) is 0. The summed E-state index contributed by atoms with van der Waals surface area (Å²) in [7, 11) is 0. The van der Waals surface area contributed by atoms with Crippen LogP contribution in [0.3, 0.4) is 0 Å². The Morgan fingerprint density at radius 3 is 2.76 bits per heavy atom. The average molecular weight is 228 g/mol. The lowest BCUT2D eigenvalue weighted by Crippen LogP contribution is -1.95. The van der Waals surface area contributed by atoms with Gasteiger partial charge in [0.25, 0.3) is 0 Å². The third-order valence-electron chi connectivity index (χ3n) is 3.03. The maximum Gasteiger partial charge on any atom is 0.160 e. The smallest absolute Gasteiger partial charge is 0.160 e. The lowest BCUT2D eigenvalue weighted by molar-refractivity contribution is 0.303. The van der Waals surface area contributed by atoms with Crippen molar-refractivity contribution in [1.82, 2.24) is 9.78 Å². The van der Waals surface area contributed by atoms with Crippen LogP contribution in [-0.4, -0.2) is 9.78 Å². The zero-order chi connectivity index (χ0) is 11.7. The molecule has 88 valence electrons. The molecule has 0 amide bonds. The van der Waals surface area contributed by atoms with E-state index >= 15 is 0 Å². The fourth-order valence-electron chi connectivity index (χ4n) is 1.87. The van der Waals surface area contributed by atoms with Crippen LogP contribution in [0, 0.1) is 6.92 Å². The molecular formula is C14H16N2O.